The number of methoxy groups -OCH3 is 1. The lowest BCUT2D eigenvalue weighted by atomic mass is 10.0. The number of hydrogen-bond acceptors (Lipinski definition) is 7. The number of morpholine rings is 1. The fraction of sp³-hybridized carbons (Fsp3) is 0.333. The van der Waals surface area contributed by atoms with Crippen LogP contribution in [0.5, 0.6) is 0 Å². The van der Waals surface area contributed by atoms with Gasteiger partial charge in [0.05, 0.1) is 36.5 Å². The standard InChI is InChI=1S/C24H27N5O4/c1-25-22-13-16(7-8-26-22)24(31)29-10-12-33-21(15-29)20-14-18(23(30)27-9-11-32-2)17-5-3-4-6-19(17)28-20/h3-8,13-14,21H,9-12,15H2,1-2H3,(H,25,26)(H,27,30)/t21-/m0/s1. The summed E-state index contributed by atoms with van der Waals surface area (Å²) in [5.74, 6) is 0.332. The number of aromatic nitrogens is 2. The summed E-state index contributed by atoms with van der Waals surface area (Å²) in [6.45, 7) is 2.03. The van der Waals surface area contributed by atoms with Gasteiger partial charge in [-0.25, -0.2) is 9.97 Å². The Kier molecular flexibility index (Phi) is 7.11. The number of para-hydroxylation sites is 1. The lowest BCUT2D eigenvalue weighted by Crippen LogP contribution is -2.42. The number of amides is 2. The SMILES string of the molecule is CNc1cc(C(=O)N2CCO[C@H](c3cc(C(=O)NCCOC)c4ccccc4n3)C2)ccn1. The van der Waals surface area contributed by atoms with Crippen LogP contribution in [0.15, 0.2) is 48.7 Å². The lowest BCUT2D eigenvalue weighted by Gasteiger charge is -2.33. The van der Waals surface area contributed by atoms with Crippen LogP contribution in [0.3, 0.4) is 0 Å². The normalized spacial score (nSPS) is 15.9. The molecule has 3 heterocycles. The van der Waals surface area contributed by atoms with Crippen molar-refractivity contribution < 1.29 is 19.1 Å². The first-order valence-corrected chi connectivity index (χ1v) is 10.8. The largest absolute Gasteiger partial charge is 0.383 e. The zero-order valence-corrected chi connectivity index (χ0v) is 18.7. The lowest BCUT2D eigenvalue weighted by molar-refractivity contribution is -0.0246. The molecule has 1 aliphatic heterocycles. The molecule has 2 amide bonds. The summed E-state index contributed by atoms with van der Waals surface area (Å²) < 4.78 is 11.0. The second-order valence-electron chi connectivity index (χ2n) is 7.65. The number of benzene rings is 1. The molecule has 1 saturated heterocycles. The van der Waals surface area contributed by atoms with Crippen LogP contribution in [0, 0.1) is 0 Å². The van der Waals surface area contributed by atoms with Gasteiger partial charge in [0.15, 0.2) is 0 Å². The molecular weight excluding hydrogens is 422 g/mol. The summed E-state index contributed by atoms with van der Waals surface area (Å²) >= 11 is 0. The quantitative estimate of drug-likeness (QED) is 0.533. The van der Waals surface area contributed by atoms with E-state index in [2.05, 4.69) is 15.6 Å². The molecule has 0 spiro atoms. The highest BCUT2D eigenvalue weighted by atomic mass is 16.5. The maximum absolute atomic E-state index is 13.1. The summed E-state index contributed by atoms with van der Waals surface area (Å²) in [6, 6.07) is 12.7. The molecule has 0 unspecified atom stereocenters. The minimum Gasteiger partial charge on any atom is -0.383 e. The first-order valence-electron chi connectivity index (χ1n) is 10.8. The van der Waals surface area contributed by atoms with Crippen LogP contribution in [0.25, 0.3) is 10.9 Å². The predicted octanol–water partition coefficient (Wildman–Crippen LogP) is 2.26. The van der Waals surface area contributed by atoms with Crippen molar-refractivity contribution >= 4 is 28.5 Å². The molecule has 2 aromatic heterocycles. The second-order valence-corrected chi connectivity index (χ2v) is 7.65. The maximum atomic E-state index is 13.1. The van der Waals surface area contributed by atoms with Gasteiger partial charge in [-0.2, -0.15) is 0 Å². The van der Waals surface area contributed by atoms with Crippen LogP contribution in [0.1, 0.15) is 32.5 Å². The molecule has 0 saturated carbocycles. The zero-order chi connectivity index (χ0) is 23.2. The van der Waals surface area contributed by atoms with Crippen molar-refractivity contribution in [2.24, 2.45) is 0 Å². The Morgan fingerprint density at radius 2 is 2.09 bits per heavy atom. The summed E-state index contributed by atoms with van der Waals surface area (Å²) in [4.78, 5) is 36.6. The van der Waals surface area contributed by atoms with E-state index >= 15 is 0 Å². The van der Waals surface area contributed by atoms with Gasteiger partial charge in [-0.3, -0.25) is 9.59 Å². The van der Waals surface area contributed by atoms with Crippen molar-refractivity contribution in [1.82, 2.24) is 20.2 Å². The number of rotatable bonds is 7. The van der Waals surface area contributed by atoms with Crippen LogP contribution in [-0.4, -0.2) is 73.7 Å². The highest BCUT2D eigenvalue weighted by molar-refractivity contribution is 6.06. The Hall–Kier alpha value is -3.56. The van der Waals surface area contributed by atoms with Crippen molar-refractivity contribution in [3.63, 3.8) is 0 Å². The van der Waals surface area contributed by atoms with Crippen molar-refractivity contribution in [2.75, 3.05) is 52.3 Å². The van der Waals surface area contributed by atoms with E-state index in [4.69, 9.17) is 14.5 Å². The number of nitrogens with one attached hydrogen (secondary N) is 2. The molecule has 33 heavy (non-hydrogen) atoms. The molecule has 0 radical (unpaired) electrons. The Morgan fingerprint density at radius 3 is 2.91 bits per heavy atom. The van der Waals surface area contributed by atoms with Crippen molar-refractivity contribution in [2.45, 2.75) is 6.10 Å². The van der Waals surface area contributed by atoms with Gasteiger partial charge in [-0.05, 0) is 24.3 Å². The number of carbonyl (C=O) groups excluding carboxylic acids is 2. The topological polar surface area (TPSA) is 106 Å². The van der Waals surface area contributed by atoms with E-state index in [1.165, 1.54) is 0 Å². The third-order valence-corrected chi connectivity index (χ3v) is 5.52. The Bertz CT molecular complexity index is 1150. The highest BCUT2D eigenvalue weighted by Gasteiger charge is 2.28. The van der Waals surface area contributed by atoms with Gasteiger partial charge in [0.25, 0.3) is 11.8 Å². The van der Waals surface area contributed by atoms with Gasteiger partial charge < -0.3 is 25.0 Å². The predicted molar refractivity (Wildman–Crippen MR) is 124 cm³/mol. The number of carbonyl (C=O) groups is 2. The van der Waals surface area contributed by atoms with Crippen molar-refractivity contribution in [3.05, 3.63) is 65.5 Å². The molecule has 9 nitrogen and oxygen atoms in total. The van der Waals surface area contributed by atoms with Crippen molar-refractivity contribution in [1.29, 1.82) is 0 Å². The monoisotopic (exact) mass is 449 g/mol. The Morgan fingerprint density at radius 1 is 1.24 bits per heavy atom. The maximum Gasteiger partial charge on any atom is 0.254 e. The molecule has 2 N–H and O–H groups in total. The van der Waals surface area contributed by atoms with E-state index in [0.717, 1.165) is 5.39 Å². The molecule has 1 fully saturated rings. The Labute approximate surface area is 192 Å². The van der Waals surface area contributed by atoms with E-state index in [9.17, 15) is 9.59 Å². The first kappa shape index (κ1) is 22.6. The van der Waals surface area contributed by atoms with E-state index in [1.807, 2.05) is 24.3 Å². The summed E-state index contributed by atoms with van der Waals surface area (Å²) in [7, 11) is 3.35. The van der Waals surface area contributed by atoms with Gasteiger partial charge in [0.1, 0.15) is 11.9 Å². The number of ether oxygens (including phenoxy) is 2. The average molecular weight is 450 g/mol. The zero-order valence-electron chi connectivity index (χ0n) is 18.7. The number of pyridine rings is 2. The third-order valence-electron chi connectivity index (χ3n) is 5.52. The highest BCUT2D eigenvalue weighted by Crippen LogP contribution is 2.27. The van der Waals surface area contributed by atoms with Gasteiger partial charge in [0, 0.05) is 44.4 Å². The van der Waals surface area contributed by atoms with Gasteiger partial charge in [0.2, 0.25) is 0 Å². The number of nitrogens with zero attached hydrogens (tertiary/aromatic N) is 3. The van der Waals surface area contributed by atoms with E-state index in [-0.39, 0.29) is 11.8 Å². The second kappa shape index (κ2) is 10.4. The molecule has 9 heteroatoms. The summed E-state index contributed by atoms with van der Waals surface area (Å²) in [5.41, 5.74) is 2.40. The molecular formula is C24H27N5O4. The van der Waals surface area contributed by atoms with Gasteiger partial charge in [-0.1, -0.05) is 18.2 Å². The molecule has 0 aliphatic carbocycles. The first-order chi connectivity index (χ1) is 16.1. The molecule has 3 aromatic rings. The van der Waals surface area contributed by atoms with E-state index in [1.54, 1.807) is 43.5 Å². The van der Waals surface area contributed by atoms with Crippen LogP contribution in [0.2, 0.25) is 0 Å². The number of hydrogen-bond donors (Lipinski definition) is 2. The van der Waals surface area contributed by atoms with E-state index in [0.29, 0.717) is 61.0 Å². The molecule has 1 aliphatic rings. The average Bonchev–Trinajstić information content (AvgIpc) is 2.87. The molecule has 1 atom stereocenters. The molecule has 172 valence electrons. The summed E-state index contributed by atoms with van der Waals surface area (Å²) in [5, 5.41) is 6.58. The summed E-state index contributed by atoms with van der Waals surface area (Å²) in [6.07, 6.45) is 1.17. The molecule has 1 aromatic carbocycles. The van der Waals surface area contributed by atoms with Crippen LogP contribution >= 0.6 is 0 Å². The number of fused-ring (bicyclic) bond motifs is 1. The minimum atomic E-state index is -0.441. The van der Waals surface area contributed by atoms with Crippen molar-refractivity contribution in [3.8, 4) is 0 Å². The Balaban J connectivity index is 1.60. The van der Waals surface area contributed by atoms with Crippen LogP contribution < -0.4 is 10.6 Å². The number of anilines is 1. The van der Waals surface area contributed by atoms with E-state index < -0.39 is 6.10 Å². The molecule has 4 rings (SSSR count). The fourth-order valence-corrected chi connectivity index (χ4v) is 3.81. The van der Waals surface area contributed by atoms with Crippen LogP contribution in [0.4, 0.5) is 5.82 Å². The fourth-order valence-electron chi connectivity index (χ4n) is 3.81. The van der Waals surface area contributed by atoms with Gasteiger partial charge in [-0.15, -0.1) is 0 Å². The van der Waals surface area contributed by atoms with Gasteiger partial charge >= 0.3 is 0 Å². The molecule has 0 bridgehead atoms. The van der Waals surface area contributed by atoms with Crippen LogP contribution in [-0.2, 0) is 9.47 Å². The smallest absolute Gasteiger partial charge is 0.254 e. The third kappa shape index (κ3) is 5.10. The minimum absolute atomic E-state index is 0.0967.